The monoisotopic (exact) mass is 566 g/mol. The molecule has 2 heterocycles. The smallest absolute Gasteiger partial charge is 0.387 e. The number of aliphatic imine (C=N–C) groups is 1. The number of ether oxygens (including phenoxy) is 2. The second-order valence-electron chi connectivity index (χ2n) is 6.92. The van der Waals surface area contributed by atoms with E-state index in [4.69, 9.17) is 4.74 Å². The Hall–Kier alpha value is -1.82. The Morgan fingerprint density at radius 1 is 1.26 bits per heavy atom. The minimum atomic E-state index is -2.91. The van der Waals surface area contributed by atoms with E-state index in [1.165, 1.54) is 18.2 Å². The van der Waals surface area contributed by atoms with Crippen molar-refractivity contribution in [2.45, 2.75) is 39.0 Å². The number of rotatable bonds is 8. The molecule has 0 bridgehead atoms. The average Bonchev–Trinajstić information content (AvgIpc) is 3.27. The van der Waals surface area contributed by atoms with Gasteiger partial charge in [-0.15, -0.1) is 35.3 Å². The lowest BCUT2D eigenvalue weighted by molar-refractivity contribution is -0.0512. The molecule has 0 atom stereocenters. The summed E-state index contributed by atoms with van der Waals surface area (Å²) in [4.78, 5) is 7.03. The fourth-order valence-corrected chi connectivity index (χ4v) is 4.17. The van der Waals surface area contributed by atoms with Gasteiger partial charge in [0.25, 0.3) is 0 Å². The highest BCUT2D eigenvalue weighted by atomic mass is 127. The van der Waals surface area contributed by atoms with Crippen LogP contribution >= 0.6 is 35.3 Å². The molecule has 1 aromatic carbocycles. The molecule has 1 saturated heterocycles. The Kier molecular flexibility index (Phi) is 10.6. The topological polar surface area (TPSA) is 58.1 Å². The van der Waals surface area contributed by atoms with Crippen LogP contribution in [0.15, 0.2) is 40.7 Å². The molecule has 1 aromatic heterocycles. The summed E-state index contributed by atoms with van der Waals surface area (Å²) >= 11 is 1.77. The summed E-state index contributed by atoms with van der Waals surface area (Å²) in [5.74, 6) is 1.00. The first-order valence-electron chi connectivity index (χ1n) is 10.0. The SMILES string of the molecule is CCNC(=NCc1ccc(OC)c(OC(F)F)c1)NC1CCN(c2cccs2)CC1.I. The van der Waals surface area contributed by atoms with Crippen LogP contribution in [-0.2, 0) is 6.54 Å². The van der Waals surface area contributed by atoms with Crippen molar-refractivity contribution in [1.82, 2.24) is 10.6 Å². The standard InChI is InChI=1S/C21H28F2N4O2S.HI/c1-3-24-21(26-16-8-10-27(11-9-16)19-5-4-12-30-19)25-14-15-6-7-17(28-2)18(13-15)29-20(22)23;/h4-7,12-13,16,20H,3,8-11,14H2,1-2H3,(H2,24,25,26);1H. The highest BCUT2D eigenvalue weighted by Crippen LogP contribution is 2.30. The van der Waals surface area contributed by atoms with E-state index in [2.05, 4.69) is 42.8 Å². The first-order chi connectivity index (χ1) is 14.6. The van der Waals surface area contributed by atoms with Crippen LogP contribution in [0.4, 0.5) is 13.8 Å². The number of guanidine groups is 1. The predicted octanol–water partition coefficient (Wildman–Crippen LogP) is 4.70. The van der Waals surface area contributed by atoms with Gasteiger partial charge in [0.2, 0.25) is 0 Å². The van der Waals surface area contributed by atoms with Gasteiger partial charge in [0.15, 0.2) is 17.5 Å². The molecule has 0 amide bonds. The van der Waals surface area contributed by atoms with Crippen molar-refractivity contribution in [3.63, 3.8) is 0 Å². The summed E-state index contributed by atoms with van der Waals surface area (Å²) in [6.45, 7) is 2.19. The van der Waals surface area contributed by atoms with Gasteiger partial charge in [-0.05, 0) is 55.0 Å². The fourth-order valence-electron chi connectivity index (χ4n) is 3.39. The lowest BCUT2D eigenvalue weighted by atomic mass is 10.1. The van der Waals surface area contributed by atoms with Crippen molar-refractivity contribution in [3.05, 3.63) is 41.3 Å². The molecule has 172 valence electrons. The summed E-state index contributed by atoms with van der Waals surface area (Å²) in [7, 11) is 1.42. The van der Waals surface area contributed by atoms with E-state index in [0.717, 1.165) is 44.0 Å². The van der Waals surface area contributed by atoms with Crippen LogP contribution in [0.3, 0.4) is 0 Å². The number of anilines is 1. The van der Waals surface area contributed by atoms with Gasteiger partial charge in [0.05, 0.1) is 18.7 Å². The Morgan fingerprint density at radius 3 is 2.65 bits per heavy atom. The molecule has 0 aliphatic carbocycles. The Balaban J connectivity index is 0.00000341. The summed E-state index contributed by atoms with van der Waals surface area (Å²) in [6.07, 6.45) is 2.05. The van der Waals surface area contributed by atoms with E-state index in [-0.39, 0.29) is 35.5 Å². The van der Waals surface area contributed by atoms with Crippen molar-refractivity contribution in [2.75, 3.05) is 31.6 Å². The molecule has 10 heteroatoms. The fraction of sp³-hybridized carbons (Fsp3) is 0.476. The van der Waals surface area contributed by atoms with Gasteiger partial charge in [0.1, 0.15) is 0 Å². The molecule has 1 aliphatic heterocycles. The molecule has 0 spiro atoms. The number of nitrogens with zero attached hydrogens (tertiary/aromatic N) is 2. The zero-order valence-electron chi connectivity index (χ0n) is 17.6. The molecule has 0 radical (unpaired) electrons. The van der Waals surface area contributed by atoms with Crippen molar-refractivity contribution < 1.29 is 18.3 Å². The Labute approximate surface area is 203 Å². The van der Waals surface area contributed by atoms with E-state index < -0.39 is 6.61 Å². The zero-order chi connectivity index (χ0) is 21.3. The van der Waals surface area contributed by atoms with Crippen molar-refractivity contribution >= 4 is 46.3 Å². The van der Waals surface area contributed by atoms with Crippen molar-refractivity contribution in [3.8, 4) is 11.5 Å². The third-order valence-electron chi connectivity index (χ3n) is 4.86. The number of alkyl halides is 2. The minimum Gasteiger partial charge on any atom is -0.493 e. The first kappa shape index (κ1) is 25.4. The van der Waals surface area contributed by atoms with Crippen LogP contribution in [0.1, 0.15) is 25.3 Å². The zero-order valence-corrected chi connectivity index (χ0v) is 20.8. The number of hydrogen-bond donors (Lipinski definition) is 2. The number of thiophene rings is 1. The lowest BCUT2D eigenvalue weighted by Gasteiger charge is -2.33. The normalized spacial score (nSPS) is 14.9. The second kappa shape index (κ2) is 12.9. The molecule has 0 saturated carbocycles. The van der Waals surface area contributed by atoms with Crippen LogP contribution in [0.2, 0.25) is 0 Å². The first-order valence-corrected chi connectivity index (χ1v) is 10.9. The van der Waals surface area contributed by atoms with Gasteiger partial charge < -0.3 is 25.0 Å². The van der Waals surface area contributed by atoms with Crippen LogP contribution in [-0.4, -0.2) is 45.4 Å². The van der Waals surface area contributed by atoms with Gasteiger partial charge in [-0.2, -0.15) is 8.78 Å². The molecule has 31 heavy (non-hydrogen) atoms. The molecular weight excluding hydrogens is 537 g/mol. The van der Waals surface area contributed by atoms with Gasteiger partial charge in [-0.3, -0.25) is 0 Å². The summed E-state index contributed by atoms with van der Waals surface area (Å²) < 4.78 is 34.9. The van der Waals surface area contributed by atoms with E-state index in [0.29, 0.717) is 12.6 Å². The van der Waals surface area contributed by atoms with Gasteiger partial charge >= 0.3 is 6.61 Å². The molecule has 2 aromatic rings. The van der Waals surface area contributed by atoms with Crippen LogP contribution in [0, 0.1) is 0 Å². The van der Waals surface area contributed by atoms with Crippen molar-refractivity contribution in [2.24, 2.45) is 4.99 Å². The third kappa shape index (κ3) is 7.67. The Bertz CT molecular complexity index is 816. The van der Waals surface area contributed by atoms with Crippen LogP contribution in [0.5, 0.6) is 11.5 Å². The summed E-state index contributed by atoms with van der Waals surface area (Å²) in [5.41, 5.74) is 0.760. The number of nitrogens with one attached hydrogen (secondary N) is 2. The maximum Gasteiger partial charge on any atom is 0.387 e. The summed E-state index contributed by atoms with van der Waals surface area (Å²) in [6, 6.07) is 9.53. The van der Waals surface area contributed by atoms with Crippen LogP contribution in [0.25, 0.3) is 0 Å². The molecule has 6 nitrogen and oxygen atoms in total. The lowest BCUT2D eigenvalue weighted by Crippen LogP contribution is -2.48. The van der Waals surface area contributed by atoms with Gasteiger partial charge in [-0.1, -0.05) is 6.07 Å². The molecular formula is C21H29F2IN4O2S. The third-order valence-corrected chi connectivity index (χ3v) is 5.79. The number of methoxy groups -OCH3 is 1. The molecule has 0 unspecified atom stereocenters. The van der Waals surface area contributed by atoms with Gasteiger partial charge in [0, 0.05) is 25.7 Å². The second-order valence-corrected chi connectivity index (χ2v) is 7.84. The number of benzene rings is 1. The predicted molar refractivity (Wildman–Crippen MR) is 133 cm³/mol. The number of piperidine rings is 1. The largest absolute Gasteiger partial charge is 0.493 e. The molecule has 3 rings (SSSR count). The maximum atomic E-state index is 12.6. The van der Waals surface area contributed by atoms with E-state index in [1.54, 1.807) is 23.5 Å². The number of halogens is 3. The van der Waals surface area contributed by atoms with E-state index >= 15 is 0 Å². The highest BCUT2D eigenvalue weighted by Gasteiger charge is 2.20. The van der Waals surface area contributed by atoms with Gasteiger partial charge in [-0.25, -0.2) is 4.99 Å². The highest BCUT2D eigenvalue weighted by molar-refractivity contribution is 14.0. The number of hydrogen-bond acceptors (Lipinski definition) is 5. The van der Waals surface area contributed by atoms with Crippen molar-refractivity contribution in [1.29, 1.82) is 0 Å². The minimum absolute atomic E-state index is 0. The molecule has 1 aliphatic rings. The average molecular weight is 566 g/mol. The van der Waals surface area contributed by atoms with Crippen LogP contribution < -0.4 is 25.0 Å². The quantitative estimate of drug-likeness (QED) is 0.276. The molecule has 1 fully saturated rings. The maximum absolute atomic E-state index is 12.6. The van der Waals surface area contributed by atoms with E-state index in [1.807, 2.05) is 6.92 Å². The Morgan fingerprint density at radius 2 is 2.03 bits per heavy atom. The van der Waals surface area contributed by atoms with E-state index in [9.17, 15) is 8.78 Å². The molecule has 2 N–H and O–H groups in total. The summed E-state index contributed by atoms with van der Waals surface area (Å²) in [5, 5.41) is 10.2.